The molecule has 0 bridgehead atoms. The van der Waals surface area contributed by atoms with Crippen LogP contribution in [0.25, 0.3) is 0 Å². The molecule has 1 unspecified atom stereocenters. The standard InChI is InChI=1S/C15H27NO3/c17-13-8-16(9-14(18)15(13)19)7-10-1-3-11(4-2-10)12-5-6-12/h10-15,17-19H,1-9H2/t10?,11?,13-,14+,15?. The molecule has 3 rings (SSSR count). The summed E-state index contributed by atoms with van der Waals surface area (Å²) >= 11 is 0. The number of hydrogen-bond donors (Lipinski definition) is 3. The summed E-state index contributed by atoms with van der Waals surface area (Å²) in [4.78, 5) is 2.13. The molecule has 110 valence electrons. The lowest BCUT2D eigenvalue weighted by molar-refractivity contribution is -0.112. The van der Waals surface area contributed by atoms with Crippen LogP contribution in [0.4, 0.5) is 0 Å². The minimum atomic E-state index is -0.971. The zero-order valence-corrected chi connectivity index (χ0v) is 11.6. The van der Waals surface area contributed by atoms with E-state index in [-0.39, 0.29) is 0 Å². The molecular weight excluding hydrogens is 242 g/mol. The van der Waals surface area contributed by atoms with Gasteiger partial charge in [0.15, 0.2) is 0 Å². The maximum atomic E-state index is 9.72. The van der Waals surface area contributed by atoms with Crippen molar-refractivity contribution in [2.45, 2.75) is 56.8 Å². The van der Waals surface area contributed by atoms with E-state index < -0.39 is 18.3 Å². The molecule has 19 heavy (non-hydrogen) atoms. The van der Waals surface area contributed by atoms with E-state index in [9.17, 15) is 15.3 Å². The van der Waals surface area contributed by atoms with E-state index in [2.05, 4.69) is 4.90 Å². The summed E-state index contributed by atoms with van der Waals surface area (Å²) in [6.07, 6.45) is 5.68. The lowest BCUT2D eigenvalue weighted by Gasteiger charge is -2.39. The van der Waals surface area contributed by atoms with Crippen LogP contribution in [-0.4, -0.2) is 58.2 Å². The Morgan fingerprint density at radius 2 is 1.21 bits per heavy atom. The molecule has 0 spiro atoms. The van der Waals surface area contributed by atoms with Gasteiger partial charge in [0, 0.05) is 19.6 Å². The molecule has 3 atom stereocenters. The van der Waals surface area contributed by atoms with Gasteiger partial charge in [-0.1, -0.05) is 0 Å². The van der Waals surface area contributed by atoms with E-state index in [0.29, 0.717) is 19.0 Å². The molecule has 0 aromatic rings. The minimum absolute atomic E-state index is 0.501. The summed E-state index contributed by atoms with van der Waals surface area (Å²) in [5.74, 6) is 2.73. The molecule has 0 aromatic carbocycles. The molecule has 3 N–H and O–H groups in total. The van der Waals surface area contributed by atoms with Crippen LogP contribution < -0.4 is 0 Å². The van der Waals surface area contributed by atoms with Crippen molar-refractivity contribution < 1.29 is 15.3 Å². The van der Waals surface area contributed by atoms with Gasteiger partial charge < -0.3 is 15.3 Å². The minimum Gasteiger partial charge on any atom is -0.389 e. The van der Waals surface area contributed by atoms with E-state index >= 15 is 0 Å². The van der Waals surface area contributed by atoms with Gasteiger partial charge in [-0.25, -0.2) is 0 Å². The molecular formula is C15H27NO3. The van der Waals surface area contributed by atoms with Crippen LogP contribution in [0.5, 0.6) is 0 Å². The number of hydrogen-bond acceptors (Lipinski definition) is 4. The average Bonchev–Trinajstić information content (AvgIpc) is 3.21. The molecule has 0 aromatic heterocycles. The fourth-order valence-electron chi connectivity index (χ4n) is 4.00. The largest absolute Gasteiger partial charge is 0.389 e. The van der Waals surface area contributed by atoms with Crippen LogP contribution >= 0.6 is 0 Å². The molecule has 1 aliphatic heterocycles. The highest BCUT2D eigenvalue weighted by molar-refractivity contribution is 4.89. The zero-order valence-electron chi connectivity index (χ0n) is 11.6. The Bertz CT molecular complexity index is 288. The summed E-state index contributed by atoms with van der Waals surface area (Å²) in [6.45, 7) is 1.97. The molecule has 3 aliphatic rings. The predicted molar refractivity (Wildman–Crippen MR) is 72.6 cm³/mol. The van der Waals surface area contributed by atoms with Crippen LogP contribution in [0.1, 0.15) is 38.5 Å². The third-order valence-corrected chi connectivity index (χ3v) is 5.38. The Labute approximate surface area is 115 Å². The van der Waals surface area contributed by atoms with E-state index in [4.69, 9.17) is 0 Å². The first-order chi connectivity index (χ1) is 9.13. The highest BCUT2D eigenvalue weighted by Gasteiger charge is 2.36. The maximum Gasteiger partial charge on any atom is 0.108 e. The first kappa shape index (κ1) is 13.8. The van der Waals surface area contributed by atoms with Crippen molar-refractivity contribution in [2.75, 3.05) is 19.6 Å². The van der Waals surface area contributed by atoms with Gasteiger partial charge in [-0.15, -0.1) is 0 Å². The summed E-state index contributed by atoms with van der Waals surface area (Å²) in [6, 6.07) is 0. The molecule has 0 amide bonds. The molecule has 0 radical (unpaired) electrons. The zero-order chi connectivity index (χ0) is 13.4. The first-order valence-corrected chi connectivity index (χ1v) is 7.90. The molecule has 1 saturated heterocycles. The van der Waals surface area contributed by atoms with Crippen molar-refractivity contribution in [3.05, 3.63) is 0 Å². The van der Waals surface area contributed by atoms with Crippen molar-refractivity contribution >= 4 is 0 Å². The quantitative estimate of drug-likeness (QED) is 0.702. The first-order valence-electron chi connectivity index (χ1n) is 7.90. The third kappa shape index (κ3) is 3.30. The lowest BCUT2D eigenvalue weighted by Crippen LogP contribution is -2.56. The summed E-state index contributed by atoms with van der Waals surface area (Å²) in [5.41, 5.74) is 0. The van der Waals surface area contributed by atoms with Crippen molar-refractivity contribution in [3.8, 4) is 0 Å². The highest BCUT2D eigenvalue weighted by Crippen LogP contribution is 2.45. The molecule has 1 heterocycles. The highest BCUT2D eigenvalue weighted by atomic mass is 16.4. The second-order valence-corrected chi connectivity index (χ2v) is 6.96. The molecule has 2 aliphatic carbocycles. The van der Waals surface area contributed by atoms with Gasteiger partial charge in [0.25, 0.3) is 0 Å². The number of aliphatic hydroxyl groups is 3. The monoisotopic (exact) mass is 269 g/mol. The fraction of sp³-hybridized carbons (Fsp3) is 1.00. The normalized spacial score (nSPS) is 45.3. The van der Waals surface area contributed by atoms with Gasteiger partial charge in [-0.3, -0.25) is 4.90 Å². The van der Waals surface area contributed by atoms with Gasteiger partial charge in [0.2, 0.25) is 0 Å². The topological polar surface area (TPSA) is 63.9 Å². The molecule has 2 saturated carbocycles. The summed E-state index contributed by atoms with van der Waals surface area (Å²) in [7, 11) is 0. The van der Waals surface area contributed by atoms with Gasteiger partial charge in [0.1, 0.15) is 6.10 Å². The number of piperidine rings is 1. The van der Waals surface area contributed by atoms with Gasteiger partial charge in [-0.2, -0.15) is 0 Å². The number of aliphatic hydroxyl groups excluding tert-OH is 3. The molecule has 4 nitrogen and oxygen atoms in total. The Hall–Kier alpha value is -0.160. The number of rotatable bonds is 3. The smallest absolute Gasteiger partial charge is 0.108 e. The summed E-state index contributed by atoms with van der Waals surface area (Å²) in [5, 5.41) is 29.0. The van der Waals surface area contributed by atoms with Crippen molar-refractivity contribution in [3.63, 3.8) is 0 Å². The van der Waals surface area contributed by atoms with Gasteiger partial charge in [-0.05, 0) is 56.3 Å². The van der Waals surface area contributed by atoms with Gasteiger partial charge in [0.05, 0.1) is 12.2 Å². The Morgan fingerprint density at radius 1 is 0.737 bits per heavy atom. The predicted octanol–water partition coefficient (Wildman–Crippen LogP) is 0.601. The third-order valence-electron chi connectivity index (χ3n) is 5.38. The number of likely N-dealkylation sites (tertiary alicyclic amines) is 1. The number of β-amino-alcohol motifs (C(OH)–C–C–N with tert-alkyl or cyclic N) is 2. The van der Waals surface area contributed by atoms with Crippen molar-refractivity contribution in [1.82, 2.24) is 4.90 Å². The van der Waals surface area contributed by atoms with Crippen LogP contribution in [0.2, 0.25) is 0 Å². The molecule has 3 fully saturated rings. The average molecular weight is 269 g/mol. The lowest BCUT2D eigenvalue weighted by atomic mass is 9.79. The van der Waals surface area contributed by atoms with Crippen LogP contribution in [-0.2, 0) is 0 Å². The van der Waals surface area contributed by atoms with E-state index in [1.165, 1.54) is 38.5 Å². The second-order valence-electron chi connectivity index (χ2n) is 6.96. The Balaban J connectivity index is 1.44. The van der Waals surface area contributed by atoms with E-state index in [0.717, 1.165) is 18.4 Å². The van der Waals surface area contributed by atoms with Crippen molar-refractivity contribution in [1.29, 1.82) is 0 Å². The fourth-order valence-corrected chi connectivity index (χ4v) is 4.00. The Morgan fingerprint density at radius 3 is 1.68 bits per heavy atom. The van der Waals surface area contributed by atoms with Crippen molar-refractivity contribution in [2.24, 2.45) is 17.8 Å². The van der Waals surface area contributed by atoms with Crippen LogP contribution in [0.15, 0.2) is 0 Å². The van der Waals surface area contributed by atoms with Crippen LogP contribution in [0.3, 0.4) is 0 Å². The SMILES string of the molecule is OC1[C@H](O)CN(CC2CCC(C3CC3)CC2)C[C@@H]1O. The maximum absolute atomic E-state index is 9.72. The van der Waals surface area contributed by atoms with E-state index in [1.807, 2.05) is 0 Å². The molecule has 4 heteroatoms. The van der Waals surface area contributed by atoms with Gasteiger partial charge >= 0.3 is 0 Å². The van der Waals surface area contributed by atoms with E-state index in [1.54, 1.807) is 0 Å². The van der Waals surface area contributed by atoms with Crippen LogP contribution in [0, 0.1) is 17.8 Å². The number of nitrogens with zero attached hydrogens (tertiary/aromatic N) is 1. The second kappa shape index (κ2) is 5.68. The summed E-state index contributed by atoms with van der Waals surface area (Å²) < 4.78 is 0. The Kier molecular flexibility index (Phi) is 4.13.